The highest BCUT2D eigenvalue weighted by atomic mass is 19.1. The molecule has 1 fully saturated rings. The van der Waals surface area contributed by atoms with E-state index < -0.39 is 35.7 Å². The molecule has 0 saturated carbocycles. The van der Waals surface area contributed by atoms with Crippen molar-refractivity contribution in [1.82, 2.24) is 10.2 Å². The normalized spacial score (nSPS) is 26.9. The minimum Gasteiger partial charge on any atom is -0.497 e. The maximum Gasteiger partial charge on any atom is 0.318 e. The molecule has 1 aromatic rings. The molecular weight excluding hydrogens is 389 g/mol. The predicted octanol–water partition coefficient (Wildman–Crippen LogP) is 2.42. The molecule has 0 bridgehead atoms. The fraction of sp³-hybridized carbons (Fsp3) is 0.636. The number of carbonyl (C=O) groups is 2. The number of nitrogens with one attached hydrogen (secondary N) is 1. The van der Waals surface area contributed by atoms with E-state index in [2.05, 4.69) is 5.32 Å². The standard InChI is InChI=1S/C22H34FN3O4/c1-5-8-22(29)16(3)26(12-10-23)11-9-21(22,14-19(27)25-20(24)28)18-13-17(30-4)7-6-15(18)2/h6-7,13,16,29H,5,8-12,14H2,1-4H3,(H3,24,25,27,28). The summed E-state index contributed by atoms with van der Waals surface area (Å²) in [4.78, 5) is 26.0. The smallest absolute Gasteiger partial charge is 0.318 e. The van der Waals surface area contributed by atoms with Crippen molar-refractivity contribution in [2.75, 3.05) is 26.9 Å². The molecule has 3 atom stereocenters. The second-order valence-electron chi connectivity index (χ2n) is 8.18. The highest BCUT2D eigenvalue weighted by Crippen LogP contribution is 2.51. The SMILES string of the molecule is CCCC1(O)C(C)N(CCF)CCC1(CC(=O)NC(N)=O)c1cc(OC)ccc1C. The lowest BCUT2D eigenvalue weighted by Gasteiger charge is -2.58. The van der Waals surface area contributed by atoms with Crippen LogP contribution in [0.15, 0.2) is 18.2 Å². The van der Waals surface area contributed by atoms with Crippen LogP contribution in [0.2, 0.25) is 0 Å². The molecule has 0 spiro atoms. The van der Waals surface area contributed by atoms with Gasteiger partial charge in [-0.1, -0.05) is 19.4 Å². The number of urea groups is 1. The Morgan fingerprint density at radius 2 is 2.13 bits per heavy atom. The van der Waals surface area contributed by atoms with E-state index in [-0.39, 0.29) is 13.0 Å². The summed E-state index contributed by atoms with van der Waals surface area (Å²) in [6.07, 6.45) is 1.40. The molecule has 0 aliphatic carbocycles. The van der Waals surface area contributed by atoms with Crippen molar-refractivity contribution in [2.45, 2.75) is 63.5 Å². The number of nitrogens with zero attached hydrogens (tertiary/aromatic N) is 1. The van der Waals surface area contributed by atoms with Gasteiger partial charge in [-0.2, -0.15) is 0 Å². The summed E-state index contributed by atoms with van der Waals surface area (Å²) >= 11 is 0. The monoisotopic (exact) mass is 423 g/mol. The lowest BCUT2D eigenvalue weighted by atomic mass is 9.56. The van der Waals surface area contributed by atoms with E-state index in [4.69, 9.17) is 10.5 Å². The summed E-state index contributed by atoms with van der Waals surface area (Å²) in [5, 5.41) is 14.3. The molecular formula is C22H34FN3O4. The Labute approximate surface area is 177 Å². The fourth-order valence-corrected chi connectivity index (χ4v) is 5.09. The molecule has 168 valence electrons. The summed E-state index contributed by atoms with van der Waals surface area (Å²) in [7, 11) is 1.56. The quantitative estimate of drug-likeness (QED) is 0.596. The van der Waals surface area contributed by atoms with Crippen LogP contribution < -0.4 is 15.8 Å². The molecule has 0 aromatic heterocycles. The first-order chi connectivity index (χ1) is 14.1. The third kappa shape index (κ3) is 4.44. The number of primary amides is 1. The van der Waals surface area contributed by atoms with E-state index in [1.165, 1.54) is 0 Å². The van der Waals surface area contributed by atoms with Gasteiger partial charge in [-0.05, 0) is 56.5 Å². The summed E-state index contributed by atoms with van der Waals surface area (Å²) in [5.41, 5.74) is 4.54. The molecule has 3 amide bonds. The molecule has 2 rings (SSSR count). The molecule has 1 saturated heterocycles. The van der Waals surface area contributed by atoms with E-state index in [1.807, 2.05) is 43.9 Å². The lowest BCUT2D eigenvalue weighted by molar-refractivity contribution is -0.151. The number of imide groups is 1. The number of carbonyl (C=O) groups excluding carboxylic acids is 2. The van der Waals surface area contributed by atoms with Gasteiger partial charge >= 0.3 is 6.03 Å². The van der Waals surface area contributed by atoms with Crippen molar-refractivity contribution in [2.24, 2.45) is 5.73 Å². The largest absolute Gasteiger partial charge is 0.497 e. The molecule has 1 aliphatic heterocycles. The van der Waals surface area contributed by atoms with Crippen molar-refractivity contribution in [3.05, 3.63) is 29.3 Å². The van der Waals surface area contributed by atoms with Crippen LogP contribution in [-0.4, -0.2) is 60.5 Å². The number of likely N-dealkylation sites (tertiary alicyclic amines) is 1. The maximum atomic E-state index is 13.2. The van der Waals surface area contributed by atoms with E-state index in [9.17, 15) is 19.1 Å². The zero-order valence-electron chi connectivity index (χ0n) is 18.3. The average molecular weight is 424 g/mol. The molecule has 4 N–H and O–H groups in total. The number of amides is 3. The first-order valence-electron chi connectivity index (χ1n) is 10.4. The number of piperidine rings is 1. The number of alkyl halides is 1. The molecule has 30 heavy (non-hydrogen) atoms. The van der Waals surface area contributed by atoms with Crippen LogP contribution >= 0.6 is 0 Å². The first-order valence-corrected chi connectivity index (χ1v) is 10.4. The number of methoxy groups -OCH3 is 1. The van der Waals surface area contributed by atoms with E-state index >= 15 is 0 Å². The summed E-state index contributed by atoms with van der Waals surface area (Å²) in [5.74, 6) is 0.0633. The van der Waals surface area contributed by atoms with Gasteiger partial charge in [-0.15, -0.1) is 0 Å². The van der Waals surface area contributed by atoms with Gasteiger partial charge in [0.2, 0.25) is 5.91 Å². The van der Waals surface area contributed by atoms with Crippen molar-refractivity contribution in [3.63, 3.8) is 0 Å². The maximum absolute atomic E-state index is 13.2. The number of hydrogen-bond donors (Lipinski definition) is 3. The molecule has 1 heterocycles. The van der Waals surface area contributed by atoms with Gasteiger partial charge in [-0.25, -0.2) is 9.18 Å². The minimum atomic E-state index is -1.33. The van der Waals surface area contributed by atoms with Crippen LogP contribution in [0.5, 0.6) is 5.75 Å². The summed E-state index contributed by atoms with van der Waals surface area (Å²) in [6.45, 7) is 5.98. The van der Waals surface area contributed by atoms with Crippen molar-refractivity contribution < 1.29 is 23.8 Å². The Balaban J connectivity index is 2.70. The third-order valence-corrected chi connectivity index (χ3v) is 6.58. The number of halogens is 1. The molecule has 1 aromatic carbocycles. The Morgan fingerprint density at radius 3 is 2.70 bits per heavy atom. The van der Waals surface area contributed by atoms with Crippen molar-refractivity contribution >= 4 is 11.9 Å². The highest BCUT2D eigenvalue weighted by Gasteiger charge is 2.59. The average Bonchev–Trinajstić information content (AvgIpc) is 2.68. The molecule has 1 aliphatic rings. The van der Waals surface area contributed by atoms with Crippen molar-refractivity contribution in [1.29, 1.82) is 0 Å². The van der Waals surface area contributed by atoms with E-state index in [1.54, 1.807) is 7.11 Å². The first kappa shape index (κ1) is 24.1. The number of nitrogens with two attached hydrogens (primary N) is 1. The van der Waals surface area contributed by atoms with Gasteiger partial charge in [0, 0.05) is 24.4 Å². The zero-order valence-corrected chi connectivity index (χ0v) is 18.3. The van der Waals surface area contributed by atoms with Gasteiger partial charge in [0.05, 0.1) is 12.7 Å². The number of hydrogen-bond acceptors (Lipinski definition) is 5. The van der Waals surface area contributed by atoms with Crippen LogP contribution in [0.1, 0.15) is 50.7 Å². The Morgan fingerprint density at radius 1 is 1.43 bits per heavy atom. The van der Waals surface area contributed by atoms with E-state index in [0.717, 1.165) is 11.1 Å². The third-order valence-electron chi connectivity index (χ3n) is 6.58. The van der Waals surface area contributed by atoms with Gasteiger partial charge in [0.1, 0.15) is 12.4 Å². The van der Waals surface area contributed by atoms with Gasteiger partial charge in [-0.3, -0.25) is 15.0 Å². The lowest BCUT2D eigenvalue weighted by Crippen LogP contribution is -2.68. The Kier molecular flexibility index (Phi) is 7.82. The predicted molar refractivity (Wildman–Crippen MR) is 113 cm³/mol. The van der Waals surface area contributed by atoms with Crippen LogP contribution in [0, 0.1) is 6.92 Å². The van der Waals surface area contributed by atoms with Gasteiger partial charge in [0.25, 0.3) is 0 Å². The van der Waals surface area contributed by atoms with Crippen LogP contribution in [0.4, 0.5) is 9.18 Å². The van der Waals surface area contributed by atoms with E-state index in [0.29, 0.717) is 31.6 Å². The minimum absolute atomic E-state index is 0.117. The highest BCUT2D eigenvalue weighted by molar-refractivity contribution is 5.94. The van der Waals surface area contributed by atoms with Crippen molar-refractivity contribution in [3.8, 4) is 5.75 Å². The number of aryl methyl sites for hydroxylation is 1. The molecule has 7 nitrogen and oxygen atoms in total. The number of benzene rings is 1. The van der Waals surface area contributed by atoms with Crippen LogP contribution in [0.25, 0.3) is 0 Å². The molecule has 3 unspecified atom stereocenters. The second kappa shape index (κ2) is 9.75. The van der Waals surface area contributed by atoms with Gasteiger partial charge in [0.15, 0.2) is 0 Å². The fourth-order valence-electron chi connectivity index (χ4n) is 5.09. The summed E-state index contributed by atoms with van der Waals surface area (Å²) < 4.78 is 18.6. The van der Waals surface area contributed by atoms with Gasteiger partial charge < -0.3 is 15.6 Å². The number of rotatable bonds is 8. The second-order valence-corrected chi connectivity index (χ2v) is 8.18. The topological polar surface area (TPSA) is 105 Å². The molecule has 0 radical (unpaired) electrons. The Hall–Kier alpha value is -2.19. The van der Waals surface area contributed by atoms with Crippen LogP contribution in [-0.2, 0) is 10.2 Å². The summed E-state index contributed by atoms with van der Waals surface area (Å²) in [6, 6.07) is 4.25. The Bertz CT molecular complexity index is 775. The number of ether oxygens (including phenoxy) is 1. The molecule has 8 heteroatoms. The van der Waals surface area contributed by atoms with Crippen LogP contribution in [0.3, 0.4) is 0 Å². The number of aliphatic hydroxyl groups is 1. The zero-order chi connectivity index (χ0) is 22.5.